The largest absolute Gasteiger partial charge is 0.493 e. The van der Waals surface area contributed by atoms with Gasteiger partial charge in [0.25, 0.3) is 0 Å². The zero-order valence-electron chi connectivity index (χ0n) is 19.1. The zero-order chi connectivity index (χ0) is 24.2. The minimum absolute atomic E-state index is 0.0208. The summed E-state index contributed by atoms with van der Waals surface area (Å²) in [6, 6.07) is 10.9. The Kier molecular flexibility index (Phi) is 7.52. The molecule has 2 saturated heterocycles. The summed E-state index contributed by atoms with van der Waals surface area (Å²) in [7, 11) is -4.08. The minimum Gasteiger partial charge on any atom is -0.493 e. The number of likely N-dealkylation sites (tertiary alicyclic amines) is 1. The van der Waals surface area contributed by atoms with E-state index in [1.807, 2.05) is 4.90 Å². The van der Waals surface area contributed by atoms with Gasteiger partial charge in [-0.2, -0.15) is 4.31 Å². The maximum absolute atomic E-state index is 14.4. The molecule has 2 aliphatic heterocycles. The summed E-state index contributed by atoms with van der Waals surface area (Å²) in [6.45, 7) is 1.79. The molecule has 0 aromatic heterocycles. The van der Waals surface area contributed by atoms with Crippen LogP contribution in [0.1, 0.15) is 38.5 Å². The van der Waals surface area contributed by atoms with E-state index >= 15 is 0 Å². The van der Waals surface area contributed by atoms with Crippen molar-refractivity contribution in [1.29, 1.82) is 0 Å². The number of amides is 1. The van der Waals surface area contributed by atoms with E-state index < -0.39 is 21.3 Å². The molecule has 184 valence electrons. The standard InChI is InChI=1S/C25H30F2N2O4S/c26-20-9-11-21(12-10-20)33-19-25(17-24(30)28-14-4-1-5-15-28)13-6-16-29(18-25)34(31,32)23-8-3-2-7-22(23)27/h2-3,7-12H,1,4-6,13-19H2/t25-/m1/s1. The highest BCUT2D eigenvalue weighted by atomic mass is 32.2. The van der Waals surface area contributed by atoms with Crippen molar-refractivity contribution in [2.75, 3.05) is 32.8 Å². The molecule has 9 heteroatoms. The Morgan fingerprint density at radius 1 is 0.941 bits per heavy atom. The Morgan fingerprint density at radius 3 is 2.35 bits per heavy atom. The third-order valence-corrected chi connectivity index (χ3v) is 8.55. The first kappa shape index (κ1) is 24.6. The van der Waals surface area contributed by atoms with E-state index in [4.69, 9.17) is 4.74 Å². The van der Waals surface area contributed by atoms with E-state index in [1.165, 1.54) is 46.8 Å². The van der Waals surface area contributed by atoms with Gasteiger partial charge in [-0.15, -0.1) is 0 Å². The van der Waals surface area contributed by atoms with E-state index in [-0.39, 0.29) is 42.7 Å². The summed E-state index contributed by atoms with van der Waals surface area (Å²) in [6.07, 6.45) is 4.26. The molecule has 2 fully saturated rings. The van der Waals surface area contributed by atoms with Crippen molar-refractivity contribution in [3.8, 4) is 5.75 Å². The fourth-order valence-electron chi connectivity index (χ4n) is 4.82. The number of carbonyl (C=O) groups is 1. The first-order valence-corrected chi connectivity index (χ1v) is 13.1. The van der Waals surface area contributed by atoms with Gasteiger partial charge in [0.1, 0.15) is 22.3 Å². The molecule has 0 aliphatic carbocycles. The maximum Gasteiger partial charge on any atom is 0.246 e. The highest BCUT2D eigenvalue weighted by Gasteiger charge is 2.43. The fourth-order valence-corrected chi connectivity index (χ4v) is 6.47. The highest BCUT2D eigenvalue weighted by Crippen LogP contribution is 2.38. The quantitative estimate of drug-likeness (QED) is 0.581. The van der Waals surface area contributed by atoms with Gasteiger partial charge in [0, 0.05) is 38.0 Å². The molecule has 0 saturated carbocycles. The Labute approximate surface area is 199 Å². The molecule has 6 nitrogen and oxygen atoms in total. The van der Waals surface area contributed by atoms with Crippen molar-refractivity contribution in [1.82, 2.24) is 9.21 Å². The molecule has 2 aromatic rings. The first-order valence-electron chi connectivity index (χ1n) is 11.7. The SMILES string of the molecule is O=C(C[C@]1(COc2ccc(F)cc2)CCCN(S(=O)(=O)c2ccccc2F)C1)N1CCCCC1. The molecule has 0 N–H and O–H groups in total. The summed E-state index contributed by atoms with van der Waals surface area (Å²) in [4.78, 5) is 14.7. The van der Waals surface area contributed by atoms with E-state index in [0.29, 0.717) is 31.7 Å². The lowest BCUT2D eigenvalue weighted by Crippen LogP contribution is -2.51. The lowest BCUT2D eigenvalue weighted by Gasteiger charge is -2.42. The van der Waals surface area contributed by atoms with Gasteiger partial charge in [-0.3, -0.25) is 4.79 Å². The molecule has 2 aromatic carbocycles. The normalized spacial score (nSPS) is 21.9. The Morgan fingerprint density at radius 2 is 1.65 bits per heavy atom. The Hall–Kier alpha value is -2.52. The molecule has 34 heavy (non-hydrogen) atoms. The average molecular weight is 493 g/mol. The predicted molar refractivity (Wildman–Crippen MR) is 124 cm³/mol. The van der Waals surface area contributed by atoms with Crippen LogP contribution >= 0.6 is 0 Å². The second kappa shape index (κ2) is 10.4. The summed E-state index contributed by atoms with van der Waals surface area (Å²) in [5.74, 6) is -0.763. The molecule has 0 bridgehead atoms. The number of hydrogen-bond donors (Lipinski definition) is 0. The number of hydrogen-bond acceptors (Lipinski definition) is 4. The molecular formula is C25H30F2N2O4S. The number of piperidine rings is 2. The van der Waals surface area contributed by atoms with Gasteiger partial charge in [0.05, 0.1) is 6.61 Å². The van der Waals surface area contributed by atoms with Gasteiger partial charge in [-0.25, -0.2) is 17.2 Å². The van der Waals surface area contributed by atoms with E-state index in [9.17, 15) is 22.0 Å². The zero-order valence-corrected chi connectivity index (χ0v) is 19.9. The number of nitrogens with zero attached hydrogens (tertiary/aromatic N) is 2. The monoisotopic (exact) mass is 492 g/mol. The number of carbonyl (C=O) groups excluding carboxylic acids is 1. The van der Waals surface area contributed by atoms with Crippen LogP contribution in [-0.2, 0) is 14.8 Å². The van der Waals surface area contributed by atoms with Gasteiger partial charge in [-0.05, 0) is 68.5 Å². The topological polar surface area (TPSA) is 66.9 Å². The van der Waals surface area contributed by atoms with Crippen LogP contribution in [-0.4, -0.2) is 56.3 Å². The summed E-state index contributed by atoms with van der Waals surface area (Å²) in [5, 5.41) is 0. The van der Waals surface area contributed by atoms with Crippen LogP contribution in [0.15, 0.2) is 53.4 Å². The third-order valence-electron chi connectivity index (χ3n) is 6.67. The van der Waals surface area contributed by atoms with Crippen LogP contribution in [0.25, 0.3) is 0 Å². The Balaban J connectivity index is 1.58. The van der Waals surface area contributed by atoms with Crippen molar-refractivity contribution in [2.24, 2.45) is 5.41 Å². The minimum atomic E-state index is -4.08. The lowest BCUT2D eigenvalue weighted by molar-refractivity contribution is -0.136. The molecule has 0 radical (unpaired) electrons. The van der Waals surface area contributed by atoms with E-state index in [1.54, 1.807) is 0 Å². The van der Waals surface area contributed by atoms with Crippen molar-refractivity contribution in [2.45, 2.75) is 43.4 Å². The summed E-state index contributed by atoms with van der Waals surface area (Å²) >= 11 is 0. The highest BCUT2D eigenvalue weighted by molar-refractivity contribution is 7.89. The van der Waals surface area contributed by atoms with Crippen LogP contribution in [0.5, 0.6) is 5.75 Å². The predicted octanol–water partition coefficient (Wildman–Crippen LogP) is 4.22. The molecule has 0 spiro atoms. The molecular weight excluding hydrogens is 462 g/mol. The molecule has 0 unspecified atom stereocenters. The second-order valence-corrected chi connectivity index (χ2v) is 11.1. The second-order valence-electron chi connectivity index (χ2n) is 9.23. The molecule has 1 atom stereocenters. The van der Waals surface area contributed by atoms with Crippen molar-refractivity contribution < 1.29 is 26.7 Å². The van der Waals surface area contributed by atoms with Crippen LogP contribution in [0.3, 0.4) is 0 Å². The van der Waals surface area contributed by atoms with Crippen LogP contribution < -0.4 is 4.74 Å². The van der Waals surface area contributed by atoms with Gasteiger partial charge in [0.15, 0.2) is 0 Å². The van der Waals surface area contributed by atoms with Gasteiger partial charge >= 0.3 is 0 Å². The smallest absolute Gasteiger partial charge is 0.246 e. The summed E-state index contributed by atoms with van der Waals surface area (Å²) in [5.41, 5.74) is -0.778. The molecule has 1 amide bonds. The van der Waals surface area contributed by atoms with Gasteiger partial charge in [-0.1, -0.05) is 12.1 Å². The molecule has 4 rings (SSSR count). The Bertz CT molecular complexity index is 1100. The van der Waals surface area contributed by atoms with Crippen LogP contribution in [0.4, 0.5) is 8.78 Å². The number of ether oxygens (including phenoxy) is 1. The van der Waals surface area contributed by atoms with Crippen molar-refractivity contribution >= 4 is 15.9 Å². The van der Waals surface area contributed by atoms with Gasteiger partial charge < -0.3 is 9.64 Å². The lowest BCUT2D eigenvalue weighted by atomic mass is 9.78. The number of sulfonamides is 1. The van der Waals surface area contributed by atoms with Crippen LogP contribution in [0.2, 0.25) is 0 Å². The third kappa shape index (κ3) is 5.58. The number of benzene rings is 2. The van der Waals surface area contributed by atoms with Crippen LogP contribution in [0, 0.1) is 17.0 Å². The molecule has 2 heterocycles. The number of rotatable bonds is 7. The first-order chi connectivity index (χ1) is 16.3. The van der Waals surface area contributed by atoms with Gasteiger partial charge in [0.2, 0.25) is 15.9 Å². The van der Waals surface area contributed by atoms with E-state index in [0.717, 1.165) is 25.3 Å². The average Bonchev–Trinajstić information content (AvgIpc) is 2.84. The molecule has 2 aliphatic rings. The van der Waals surface area contributed by atoms with Crippen molar-refractivity contribution in [3.05, 3.63) is 60.2 Å². The van der Waals surface area contributed by atoms with Crippen molar-refractivity contribution in [3.63, 3.8) is 0 Å². The summed E-state index contributed by atoms with van der Waals surface area (Å²) < 4.78 is 61.5. The van der Waals surface area contributed by atoms with E-state index in [2.05, 4.69) is 0 Å². The fraction of sp³-hybridized carbons (Fsp3) is 0.480. The number of halogens is 2. The maximum atomic E-state index is 14.4.